The van der Waals surface area contributed by atoms with Crippen molar-refractivity contribution in [3.05, 3.63) is 59.7 Å². The summed E-state index contributed by atoms with van der Waals surface area (Å²) in [6.45, 7) is 14.1. The molecule has 2 aromatic carbocycles. The van der Waals surface area contributed by atoms with Crippen LogP contribution in [0.15, 0.2) is 48.5 Å². The van der Waals surface area contributed by atoms with E-state index in [1.807, 2.05) is 0 Å². The van der Waals surface area contributed by atoms with Crippen LogP contribution >= 0.6 is 0 Å². The first-order chi connectivity index (χ1) is 10.7. The van der Waals surface area contributed by atoms with Crippen molar-refractivity contribution >= 4 is 11.4 Å². The Labute approximate surface area is 141 Å². The molecule has 23 heavy (non-hydrogen) atoms. The Hall–Kier alpha value is -1.96. The molecule has 2 N–H and O–H groups in total. The number of anilines is 2. The Bertz CT molecular complexity index is 588. The van der Waals surface area contributed by atoms with Crippen LogP contribution in [0.2, 0.25) is 0 Å². The highest BCUT2D eigenvalue weighted by atomic mass is 15.1. The zero-order valence-corrected chi connectivity index (χ0v) is 15.3. The molecule has 0 bridgehead atoms. The fourth-order valence-corrected chi connectivity index (χ4v) is 2.44. The van der Waals surface area contributed by atoms with E-state index in [0.717, 1.165) is 11.4 Å². The molecule has 2 rings (SSSR count). The van der Waals surface area contributed by atoms with Gasteiger partial charge in [-0.1, -0.05) is 65.8 Å². The lowest BCUT2D eigenvalue weighted by Crippen LogP contribution is -2.15. The molecule has 0 atom stereocenters. The predicted octanol–water partition coefficient (Wildman–Crippen LogP) is 5.76. The Balaban J connectivity index is 1.98. The van der Waals surface area contributed by atoms with E-state index in [9.17, 15) is 0 Å². The van der Waals surface area contributed by atoms with Gasteiger partial charge in [-0.3, -0.25) is 0 Å². The molecule has 0 fully saturated rings. The quantitative estimate of drug-likeness (QED) is 0.701. The topological polar surface area (TPSA) is 24.1 Å². The number of benzene rings is 2. The predicted molar refractivity (Wildman–Crippen MR) is 102 cm³/mol. The summed E-state index contributed by atoms with van der Waals surface area (Å²) in [7, 11) is 0. The normalized spacial score (nSPS) is 12.1. The van der Waals surface area contributed by atoms with Crippen LogP contribution in [0.1, 0.15) is 52.7 Å². The zero-order chi connectivity index (χ0) is 17.1. The maximum absolute atomic E-state index is 3.45. The minimum Gasteiger partial charge on any atom is -0.368 e. The Morgan fingerprint density at radius 2 is 1.04 bits per heavy atom. The summed E-state index contributed by atoms with van der Waals surface area (Å²) in [5.41, 5.74) is 5.33. The largest absolute Gasteiger partial charge is 0.368 e. The van der Waals surface area contributed by atoms with Gasteiger partial charge in [-0.15, -0.1) is 0 Å². The average molecular weight is 310 g/mol. The van der Waals surface area contributed by atoms with E-state index >= 15 is 0 Å². The minimum absolute atomic E-state index is 0.173. The van der Waals surface area contributed by atoms with Gasteiger partial charge in [0.25, 0.3) is 0 Å². The van der Waals surface area contributed by atoms with E-state index in [2.05, 4.69) is 101 Å². The third-order valence-corrected chi connectivity index (χ3v) is 4.04. The first-order valence-corrected chi connectivity index (χ1v) is 8.35. The van der Waals surface area contributed by atoms with Crippen LogP contribution in [0.4, 0.5) is 11.4 Å². The molecule has 2 aromatic rings. The smallest absolute Gasteiger partial charge is 0.0849 e. The van der Waals surface area contributed by atoms with E-state index in [4.69, 9.17) is 0 Å². The highest BCUT2D eigenvalue weighted by molar-refractivity contribution is 5.51. The van der Waals surface area contributed by atoms with Gasteiger partial charge in [-0.25, -0.2) is 0 Å². The third kappa shape index (κ3) is 5.02. The lowest BCUT2D eigenvalue weighted by Gasteiger charge is -2.21. The molecule has 0 saturated carbocycles. The van der Waals surface area contributed by atoms with Gasteiger partial charge in [0.15, 0.2) is 0 Å². The van der Waals surface area contributed by atoms with E-state index in [0.29, 0.717) is 6.67 Å². The minimum atomic E-state index is 0.173. The van der Waals surface area contributed by atoms with Crippen LogP contribution in [-0.2, 0) is 10.8 Å². The van der Waals surface area contributed by atoms with E-state index in [1.165, 1.54) is 11.1 Å². The molecule has 0 aromatic heterocycles. The van der Waals surface area contributed by atoms with Gasteiger partial charge in [0, 0.05) is 11.4 Å². The van der Waals surface area contributed by atoms with Gasteiger partial charge in [0.2, 0.25) is 0 Å². The van der Waals surface area contributed by atoms with Crippen molar-refractivity contribution in [3.63, 3.8) is 0 Å². The van der Waals surface area contributed by atoms with Crippen LogP contribution in [-0.4, -0.2) is 6.67 Å². The summed E-state index contributed by atoms with van der Waals surface area (Å²) >= 11 is 0. The van der Waals surface area contributed by atoms with Crippen molar-refractivity contribution in [2.45, 2.75) is 52.4 Å². The van der Waals surface area contributed by atoms with Crippen LogP contribution in [0, 0.1) is 0 Å². The molecule has 0 aliphatic heterocycles. The van der Waals surface area contributed by atoms with Gasteiger partial charge in [0.1, 0.15) is 0 Å². The van der Waals surface area contributed by atoms with Gasteiger partial charge >= 0.3 is 0 Å². The van der Waals surface area contributed by atoms with Crippen molar-refractivity contribution < 1.29 is 0 Å². The molecule has 0 amide bonds. The molecule has 0 heterocycles. The second-order valence-corrected chi connectivity index (χ2v) is 8.19. The highest BCUT2D eigenvalue weighted by Gasteiger charge is 2.14. The molecule has 0 unspecified atom stereocenters. The molecule has 0 saturated heterocycles. The summed E-state index contributed by atoms with van der Waals surface area (Å²) in [6, 6.07) is 17.3. The zero-order valence-electron chi connectivity index (χ0n) is 15.3. The van der Waals surface area contributed by atoms with Crippen molar-refractivity contribution in [2.75, 3.05) is 17.3 Å². The Morgan fingerprint density at radius 1 is 0.652 bits per heavy atom. The van der Waals surface area contributed by atoms with Gasteiger partial charge in [-0.2, -0.15) is 0 Å². The van der Waals surface area contributed by atoms with Crippen LogP contribution in [0.3, 0.4) is 0 Å². The Morgan fingerprint density at radius 3 is 1.39 bits per heavy atom. The maximum atomic E-state index is 3.45. The van der Waals surface area contributed by atoms with Crippen LogP contribution in [0.5, 0.6) is 0 Å². The number of rotatable bonds is 4. The van der Waals surface area contributed by atoms with Crippen molar-refractivity contribution in [3.8, 4) is 0 Å². The molecular formula is C21H30N2. The fourth-order valence-electron chi connectivity index (χ4n) is 2.44. The first-order valence-electron chi connectivity index (χ1n) is 8.35. The average Bonchev–Trinajstić information content (AvgIpc) is 2.46. The van der Waals surface area contributed by atoms with Crippen molar-refractivity contribution in [1.29, 1.82) is 0 Å². The molecule has 2 heteroatoms. The monoisotopic (exact) mass is 310 g/mol. The second-order valence-electron chi connectivity index (χ2n) is 8.19. The molecule has 124 valence electrons. The number of hydrogen-bond donors (Lipinski definition) is 2. The lowest BCUT2D eigenvalue weighted by molar-refractivity contribution is 0.590. The second kappa shape index (κ2) is 6.66. The Kier molecular flexibility index (Phi) is 5.03. The summed E-state index contributed by atoms with van der Waals surface area (Å²) in [5.74, 6) is 0. The highest BCUT2D eigenvalue weighted by Crippen LogP contribution is 2.25. The van der Waals surface area contributed by atoms with E-state index < -0.39 is 0 Å². The third-order valence-electron chi connectivity index (χ3n) is 4.04. The standard InChI is InChI=1S/C21H30N2/c1-20(2,3)16-9-7-11-18(13-16)22-15-23-19-12-8-10-17(14-19)21(4,5)6/h7-14,22-23H,15H2,1-6H3. The summed E-state index contributed by atoms with van der Waals surface area (Å²) < 4.78 is 0. The van der Waals surface area contributed by atoms with E-state index in [1.54, 1.807) is 0 Å². The van der Waals surface area contributed by atoms with Crippen molar-refractivity contribution in [1.82, 2.24) is 0 Å². The van der Waals surface area contributed by atoms with Crippen LogP contribution < -0.4 is 10.6 Å². The summed E-state index contributed by atoms with van der Waals surface area (Å²) in [6.07, 6.45) is 0. The maximum Gasteiger partial charge on any atom is 0.0849 e. The van der Waals surface area contributed by atoms with E-state index in [-0.39, 0.29) is 10.8 Å². The first kappa shape index (κ1) is 17.4. The summed E-state index contributed by atoms with van der Waals surface area (Å²) in [5, 5.41) is 6.91. The van der Waals surface area contributed by atoms with Gasteiger partial charge < -0.3 is 10.6 Å². The molecule has 0 radical (unpaired) electrons. The molecule has 0 spiro atoms. The molecule has 2 nitrogen and oxygen atoms in total. The summed E-state index contributed by atoms with van der Waals surface area (Å²) in [4.78, 5) is 0. The van der Waals surface area contributed by atoms with Crippen LogP contribution in [0.25, 0.3) is 0 Å². The molecular weight excluding hydrogens is 280 g/mol. The number of hydrogen-bond acceptors (Lipinski definition) is 2. The van der Waals surface area contributed by atoms with Crippen molar-refractivity contribution in [2.24, 2.45) is 0 Å². The van der Waals surface area contributed by atoms with Gasteiger partial charge in [-0.05, 0) is 46.2 Å². The SMILES string of the molecule is CC(C)(C)c1cccc(NCNc2cccc(C(C)(C)C)c2)c1. The van der Waals surface area contributed by atoms with Gasteiger partial charge in [0.05, 0.1) is 6.67 Å². The molecule has 0 aliphatic rings. The fraction of sp³-hybridized carbons (Fsp3) is 0.429. The molecule has 0 aliphatic carbocycles. The number of nitrogens with one attached hydrogen (secondary N) is 2. The lowest BCUT2D eigenvalue weighted by atomic mass is 9.87.